The number of nitrogens with two attached hydrogens (primary N) is 1. The van der Waals surface area contributed by atoms with Crippen molar-refractivity contribution in [1.82, 2.24) is 19.5 Å². The van der Waals surface area contributed by atoms with Crippen molar-refractivity contribution in [3.8, 4) is 0 Å². The molecule has 2 aromatic rings. The van der Waals surface area contributed by atoms with Gasteiger partial charge in [-0.15, -0.1) is 0 Å². The average molecular weight is 382 g/mol. The highest BCUT2D eigenvalue weighted by molar-refractivity contribution is 7.81. The Labute approximate surface area is 158 Å². The zero-order chi connectivity index (χ0) is 18.7. The molecule has 0 bridgehead atoms. The molecule has 3 heterocycles. The van der Waals surface area contributed by atoms with Crippen LogP contribution in [0.1, 0.15) is 51.1 Å². The van der Waals surface area contributed by atoms with Gasteiger partial charge in [-0.05, 0) is 6.42 Å². The SMILES string of the molecule is CCCCCCCc1nc(N)c2ncn([C@@H]3O[C@H](CO)[C@@H](O)[C@H]3S)c2n1. The number of rotatable bonds is 8. The highest BCUT2D eigenvalue weighted by atomic mass is 32.1. The van der Waals surface area contributed by atoms with Gasteiger partial charge in [-0.25, -0.2) is 15.0 Å². The fraction of sp³-hybridized carbons (Fsp3) is 0.706. The number of unbranched alkanes of at least 4 members (excludes halogenated alkanes) is 4. The fourth-order valence-electron chi connectivity index (χ4n) is 3.28. The second kappa shape index (κ2) is 8.51. The third-order valence-corrected chi connectivity index (χ3v) is 5.35. The molecule has 0 unspecified atom stereocenters. The Balaban J connectivity index is 1.81. The van der Waals surface area contributed by atoms with Crippen LogP contribution in [0.5, 0.6) is 0 Å². The Hall–Kier alpha value is -1.42. The van der Waals surface area contributed by atoms with Crippen molar-refractivity contribution < 1.29 is 14.9 Å². The smallest absolute Gasteiger partial charge is 0.167 e. The molecule has 4 atom stereocenters. The first-order chi connectivity index (χ1) is 12.6. The first kappa shape index (κ1) is 19.3. The van der Waals surface area contributed by atoms with Crippen LogP contribution in [-0.2, 0) is 11.2 Å². The molecule has 1 aliphatic heterocycles. The minimum atomic E-state index is -0.872. The van der Waals surface area contributed by atoms with Crippen LogP contribution in [0.2, 0.25) is 0 Å². The van der Waals surface area contributed by atoms with Crippen LogP contribution in [0.3, 0.4) is 0 Å². The topological polar surface area (TPSA) is 119 Å². The molecule has 1 fully saturated rings. The van der Waals surface area contributed by atoms with Crippen molar-refractivity contribution in [2.45, 2.75) is 69.1 Å². The highest BCUT2D eigenvalue weighted by Gasteiger charge is 2.43. The van der Waals surface area contributed by atoms with Crippen molar-refractivity contribution in [3.63, 3.8) is 0 Å². The normalized spacial score (nSPS) is 26.0. The number of anilines is 1. The number of aromatic nitrogens is 4. The number of aryl methyl sites for hydroxylation is 1. The molecule has 0 amide bonds. The van der Waals surface area contributed by atoms with E-state index in [9.17, 15) is 10.2 Å². The Kier molecular flexibility index (Phi) is 6.33. The van der Waals surface area contributed by atoms with Gasteiger partial charge >= 0.3 is 0 Å². The summed E-state index contributed by atoms with van der Waals surface area (Å²) >= 11 is 4.44. The molecular weight excluding hydrogens is 354 g/mol. The molecule has 9 heteroatoms. The number of nitrogen functional groups attached to an aromatic ring is 1. The molecule has 0 aromatic carbocycles. The first-order valence-corrected chi connectivity index (χ1v) is 9.69. The van der Waals surface area contributed by atoms with Gasteiger partial charge < -0.3 is 20.7 Å². The Morgan fingerprint density at radius 1 is 1.27 bits per heavy atom. The first-order valence-electron chi connectivity index (χ1n) is 9.18. The number of aliphatic hydroxyl groups is 2. The maximum Gasteiger partial charge on any atom is 0.167 e. The molecule has 144 valence electrons. The summed E-state index contributed by atoms with van der Waals surface area (Å²) in [7, 11) is 0. The van der Waals surface area contributed by atoms with Gasteiger partial charge in [0.25, 0.3) is 0 Å². The molecule has 4 N–H and O–H groups in total. The van der Waals surface area contributed by atoms with Crippen LogP contribution in [0.4, 0.5) is 5.82 Å². The summed E-state index contributed by atoms with van der Waals surface area (Å²) in [5, 5.41) is 19.0. The van der Waals surface area contributed by atoms with Crippen LogP contribution in [0.15, 0.2) is 6.33 Å². The largest absolute Gasteiger partial charge is 0.394 e. The van der Waals surface area contributed by atoms with Gasteiger partial charge in [-0.1, -0.05) is 32.6 Å². The van der Waals surface area contributed by atoms with E-state index in [4.69, 9.17) is 10.5 Å². The summed E-state index contributed by atoms with van der Waals surface area (Å²) in [5.74, 6) is 1.02. The van der Waals surface area contributed by atoms with Gasteiger partial charge in [-0.3, -0.25) is 4.57 Å². The Morgan fingerprint density at radius 3 is 2.73 bits per heavy atom. The van der Waals surface area contributed by atoms with Gasteiger partial charge in [0, 0.05) is 6.42 Å². The number of nitrogens with zero attached hydrogens (tertiary/aromatic N) is 4. The monoisotopic (exact) mass is 381 g/mol. The second-order valence-electron chi connectivity index (χ2n) is 6.74. The van der Waals surface area contributed by atoms with Crippen molar-refractivity contribution >= 4 is 29.6 Å². The number of fused-ring (bicyclic) bond motifs is 1. The number of hydrogen-bond acceptors (Lipinski definition) is 8. The van der Waals surface area contributed by atoms with E-state index in [0.717, 1.165) is 19.3 Å². The van der Waals surface area contributed by atoms with E-state index < -0.39 is 23.7 Å². The average Bonchev–Trinajstić information content (AvgIpc) is 3.17. The van der Waals surface area contributed by atoms with E-state index in [-0.39, 0.29) is 6.61 Å². The summed E-state index contributed by atoms with van der Waals surface area (Å²) in [5.41, 5.74) is 7.13. The van der Waals surface area contributed by atoms with Crippen LogP contribution >= 0.6 is 12.6 Å². The molecular formula is C17H27N5O3S. The third-order valence-electron chi connectivity index (χ3n) is 4.79. The number of aliphatic hydroxyl groups excluding tert-OH is 2. The number of hydrogen-bond donors (Lipinski definition) is 4. The number of imidazole rings is 1. The Bertz CT molecular complexity index is 741. The van der Waals surface area contributed by atoms with Crippen molar-refractivity contribution in [2.75, 3.05) is 12.3 Å². The lowest BCUT2D eigenvalue weighted by Gasteiger charge is -2.17. The lowest BCUT2D eigenvalue weighted by molar-refractivity contribution is -0.0430. The van der Waals surface area contributed by atoms with Gasteiger partial charge in [0.15, 0.2) is 17.7 Å². The zero-order valence-electron chi connectivity index (χ0n) is 15.0. The van der Waals surface area contributed by atoms with Gasteiger partial charge in [0.2, 0.25) is 0 Å². The fourth-order valence-corrected chi connectivity index (χ4v) is 3.69. The molecule has 2 aromatic heterocycles. The van der Waals surface area contributed by atoms with Crippen LogP contribution in [-0.4, -0.2) is 53.8 Å². The molecule has 0 aliphatic carbocycles. The molecule has 1 saturated heterocycles. The summed E-state index contributed by atoms with van der Waals surface area (Å²) in [6, 6.07) is 0. The molecule has 0 radical (unpaired) electrons. The maximum absolute atomic E-state index is 10.1. The molecule has 8 nitrogen and oxygen atoms in total. The standard InChI is InChI=1S/C17H27N5O3S/c1-2-3-4-5-6-7-11-20-15(18)12-16(21-11)22(9-19-12)17-14(26)13(24)10(8-23)25-17/h9-10,13-14,17,23-24,26H,2-8H2,1H3,(H2,18,20,21)/t10-,13-,14-,17-/m1/s1. The van der Waals surface area contributed by atoms with E-state index in [0.29, 0.717) is 22.8 Å². The minimum Gasteiger partial charge on any atom is -0.394 e. The van der Waals surface area contributed by atoms with E-state index in [1.165, 1.54) is 19.3 Å². The third kappa shape index (κ3) is 3.80. The molecule has 3 rings (SSSR count). The van der Waals surface area contributed by atoms with Crippen LogP contribution in [0, 0.1) is 0 Å². The zero-order valence-corrected chi connectivity index (χ0v) is 15.8. The number of ether oxygens (including phenoxy) is 1. The minimum absolute atomic E-state index is 0.276. The van der Waals surface area contributed by atoms with Gasteiger partial charge in [-0.2, -0.15) is 12.6 Å². The van der Waals surface area contributed by atoms with Crippen LogP contribution < -0.4 is 5.73 Å². The molecule has 26 heavy (non-hydrogen) atoms. The van der Waals surface area contributed by atoms with Gasteiger partial charge in [0.05, 0.1) is 24.3 Å². The number of thiol groups is 1. The summed E-state index contributed by atoms with van der Waals surface area (Å²) in [6.45, 7) is 1.92. The predicted molar refractivity (Wildman–Crippen MR) is 102 cm³/mol. The van der Waals surface area contributed by atoms with E-state index in [2.05, 4.69) is 34.5 Å². The van der Waals surface area contributed by atoms with E-state index in [1.54, 1.807) is 10.9 Å². The molecule has 0 spiro atoms. The van der Waals surface area contributed by atoms with Crippen molar-refractivity contribution in [2.24, 2.45) is 0 Å². The lowest BCUT2D eigenvalue weighted by atomic mass is 10.1. The molecule has 0 saturated carbocycles. The summed E-state index contributed by atoms with van der Waals surface area (Å²) in [4.78, 5) is 13.3. The van der Waals surface area contributed by atoms with E-state index >= 15 is 0 Å². The van der Waals surface area contributed by atoms with Crippen molar-refractivity contribution in [3.05, 3.63) is 12.2 Å². The quantitative estimate of drug-likeness (QED) is 0.404. The van der Waals surface area contributed by atoms with E-state index in [1.807, 2.05) is 0 Å². The lowest BCUT2D eigenvalue weighted by Crippen LogP contribution is -2.30. The highest BCUT2D eigenvalue weighted by Crippen LogP contribution is 2.35. The summed E-state index contributed by atoms with van der Waals surface area (Å²) in [6.07, 6.45) is 6.01. The van der Waals surface area contributed by atoms with Crippen molar-refractivity contribution in [1.29, 1.82) is 0 Å². The predicted octanol–water partition coefficient (Wildman–Crippen LogP) is 1.47. The maximum atomic E-state index is 10.1. The van der Waals surface area contributed by atoms with Crippen LogP contribution in [0.25, 0.3) is 11.2 Å². The second-order valence-corrected chi connectivity index (χ2v) is 7.34. The van der Waals surface area contributed by atoms with Gasteiger partial charge in [0.1, 0.15) is 17.4 Å². The Morgan fingerprint density at radius 2 is 2.04 bits per heavy atom. The molecule has 1 aliphatic rings. The summed E-state index contributed by atoms with van der Waals surface area (Å²) < 4.78 is 7.45.